The number of rotatable bonds is 3. The van der Waals surface area contributed by atoms with Gasteiger partial charge < -0.3 is 10.2 Å². The maximum absolute atomic E-state index is 11.9. The summed E-state index contributed by atoms with van der Waals surface area (Å²) < 4.78 is 2.00. The number of nitrogens with zero attached hydrogens (tertiary/aromatic N) is 5. The Bertz CT molecular complexity index is 721. The Morgan fingerprint density at radius 3 is 2.88 bits per heavy atom. The first-order valence-corrected chi connectivity index (χ1v) is 8.72. The first kappa shape index (κ1) is 15.1. The Morgan fingerprint density at radius 2 is 2.00 bits per heavy atom. The summed E-state index contributed by atoms with van der Waals surface area (Å²) in [6, 6.07) is 8.32. The second-order valence-corrected chi connectivity index (χ2v) is 6.57. The first-order chi connectivity index (χ1) is 11.8. The van der Waals surface area contributed by atoms with Crippen LogP contribution < -0.4 is 10.2 Å². The number of aromatic nitrogens is 4. The monoisotopic (exact) mass is 326 g/mol. The molecular formula is C17H22N6O. The normalized spacial score (nSPS) is 18.8. The van der Waals surface area contributed by atoms with Crippen molar-refractivity contribution in [3.8, 4) is 0 Å². The predicted octanol–water partition coefficient (Wildman–Crippen LogP) is 2.53. The molecular weight excluding hydrogens is 304 g/mol. The fraction of sp³-hybridized carbons (Fsp3) is 0.529. The molecule has 1 fully saturated rings. The summed E-state index contributed by atoms with van der Waals surface area (Å²) in [5.41, 5.74) is 1.89. The molecule has 7 heteroatoms. The third-order valence-electron chi connectivity index (χ3n) is 4.94. The molecule has 0 spiro atoms. The van der Waals surface area contributed by atoms with E-state index in [-0.39, 0.29) is 5.91 Å². The summed E-state index contributed by atoms with van der Waals surface area (Å²) in [5, 5.41) is 15.4. The molecule has 126 valence electrons. The van der Waals surface area contributed by atoms with Crippen molar-refractivity contribution in [2.45, 2.75) is 51.1 Å². The lowest BCUT2D eigenvalue weighted by Crippen LogP contribution is -2.27. The van der Waals surface area contributed by atoms with Gasteiger partial charge in [0.25, 0.3) is 0 Å². The highest BCUT2D eigenvalue weighted by Gasteiger charge is 2.24. The van der Waals surface area contributed by atoms with Crippen LogP contribution in [0.3, 0.4) is 0 Å². The summed E-state index contributed by atoms with van der Waals surface area (Å²) >= 11 is 0. The van der Waals surface area contributed by atoms with Crippen molar-refractivity contribution in [1.82, 2.24) is 20.2 Å². The molecule has 1 aliphatic carbocycles. The van der Waals surface area contributed by atoms with E-state index in [2.05, 4.69) is 25.7 Å². The SMILES string of the molecule is O=C1CCN(Cc2nnnn2C2CCCCC2)c2ccccc2N1. The number of carbonyl (C=O) groups is 1. The molecule has 7 nitrogen and oxygen atoms in total. The van der Waals surface area contributed by atoms with E-state index in [4.69, 9.17) is 0 Å². The maximum Gasteiger partial charge on any atom is 0.226 e. The number of anilines is 2. The highest BCUT2D eigenvalue weighted by molar-refractivity contribution is 5.96. The first-order valence-electron chi connectivity index (χ1n) is 8.72. The van der Waals surface area contributed by atoms with E-state index in [9.17, 15) is 4.79 Å². The molecule has 1 amide bonds. The van der Waals surface area contributed by atoms with Crippen LogP contribution in [0.15, 0.2) is 24.3 Å². The molecule has 4 rings (SSSR count). The fourth-order valence-corrected chi connectivity index (χ4v) is 3.69. The van der Waals surface area contributed by atoms with Crippen molar-refractivity contribution in [1.29, 1.82) is 0 Å². The lowest BCUT2D eigenvalue weighted by Gasteiger charge is -2.26. The maximum atomic E-state index is 11.9. The van der Waals surface area contributed by atoms with Crippen LogP contribution in [0.5, 0.6) is 0 Å². The number of hydrogen-bond acceptors (Lipinski definition) is 5. The van der Waals surface area contributed by atoms with Crippen LogP contribution in [-0.4, -0.2) is 32.7 Å². The fourth-order valence-electron chi connectivity index (χ4n) is 3.69. The second kappa shape index (κ2) is 6.59. The van der Waals surface area contributed by atoms with Gasteiger partial charge in [0.2, 0.25) is 5.91 Å². The highest BCUT2D eigenvalue weighted by atomic mass is 16.1. The number of para-hydroxylation sites is 2. The number of benzene rings is 1. The van der Waals surface area contributed by atoms with Crippen LogP contribution >= 0.6 is 0 Å². The van der Waals surface area contributed by atoms with Crippen molar-refractivity contribution in [2.24, 2.45) is 0 Å². The molecule has 1 aromatic heterocycles. The van der Waals surface area contributed by atoms with Gasteiger partial charge in [-0.05, 0) is 35.4 Å². The summed E-state index contributed by atoms with van der Waals surface area (Å²) in [7, 11) is 0. The minimum absolute atomic E-state index is 0.0526. The van der Waals surface area contributed by atoms with Gasteiger partial charge in [0, 0.05) is 13.0 Å². The minimum Gasteiger partial charge on any atom is -0.362 e. The van der Waals surface area contributed by atoms with Crippen molar-refractivity contribution in [3.05, 3.63) is 30.1 Å². The smallest absolute Gasteiger partial charge is 0.226 e. The molecule has 2 aromatic rings. The molecule has 0 unspecified atom stereocenters. The standard InChI is InChI=1S/C17H22N6O/c24-17-10-11-22(15-9-5-4-8-14(15)18-17)12-16-19-20-21-23(16)13-6-2-1-3-7-13/h4-5,8-9,13H,1-3,6-7,10-12H2,(H,18,24). The molecule has 2 aliphatic rings. The van der Waals surface area contributed by atoms with Gasteiger partial charge in [-0.15, -0.1) is 5.10 Å². The van der Waals surface area contributed by atoms with Crippen LogP contribution in [0.4, 0.5) is 11.4 Å². The highest BCUT2D eigenvalue weighted by Crippen LogP contribution is 2.31. The van der Waals surface area contributed by atoms with E-state index in [0.29, 0.717) is 25.6 Å². The van der Waals surface area contributed by atoms with Gasteiger partial charge in [-0.3, -0.25) is 4.79 Å². The van der Waals surface area contributed by atoms with E-state index >= 15 is 0 Å². The molecule has 0 saturated heterocycles. The quantitative estimate of drug-likeness (QED) is 0.938. The Balaban J connectivity index is 1.59. The lowest BCUT2D eigenvalue weighted by atomic mass is 9.95. The lowest BCUT2D eigenvalue weighted by molar-refractivity contribution is -0.115. The van der Waals surface area contributed by atoms with Gasteiger partial charge in [0.15, 0.2) is 5.82 Å². The van der Waals surface area contributed by atoms with Gasteiger partial charge in [-0.2, -0.15) is 0 Å². The number of hydrogen-bond donors (Lipinski definition) is 1. The van der Waals surface area contributed by atoms with E-state index in [1.165, 1.54) is 19.3 Å². The van der Waals surface area contributed by atoms with E-state index < -0.39 is 0 Å². The molecule has 0 bridgehead atoms. The minimum atomic E-state index is 0.0526. The van der Waals surface area contributed by atoms with Crippen LogP contribution in [0.25, 0.3) is 0 Å². The molecule has 1 saturated carbocycles. The van der Waals surface area contributed by atoms with E-state index in [0.717, 1.165) is 30.0 Å². The van der Waals surface area contributed by atoms with Crippen molar-refractivity contribution >= 4 is 17.3 Å². The number of carbonyl (C=O) groups excluding carboxylic acids is 1. The number of tetrazole rings is 1. The molecule has 0 atom stereocenters. The molecule has 24 heavy (non-hydrogen) atoms. The summed E-state index contributed by atoms with van der Waals surface area (Å²) in [6.07, 6.45) is 6.56. The zero-order valence-electron chi connectivity index (χ0n) is 13.7. The predicted molar refractivity (Wildman–Crippen MR) is 90.7 cm³/mol. The molecule has 1 N–H and O–H groups in total. The van der Waals surface area contributed by atoms with Crippen molar-refractivity contribution < 1.29 is 4.79 Å². The number of amides is 1. The zero-order valence-corrected chi connectivity index (χ0v) is 13.7. The van der Waals surface area contributed by atoms with Crippen molar-refractivity contribution in [3.63, 3.8) is 0 Å². The van der Waals surface area contributed by atoms with Gasteiger partial charge in [0.05, 0.1) is 24.0 Å². The largest absolute Gasteiger partial charge is 0.362 e. The van der Waals surface area contributed by atoms with Gasteiger partial charge >= 0.3 is 0 Å². The Morgan fingerprint density at radius 1 is 1.17 bits per heavy atom. The molecule has 1 aromatic carbocycles. The Hall–Kier alpha value is -2.44. The van der Waals surface area contributed by atoms with E-state index in [1.54, 1.807) is 0 Å². The molecule has 2 heterocycles. The second-order valence-electron chi connectivity index (χ2n) is 6.57. The topological polar surface area (TPSA) is 75.9 Å². The Labute approximate surface area is 141 Å². The Kier molecular flexibility index (Phi) is 4.15. The van der Waals surface area contributed by atoms with Crippen LogP contribution in [0.1, 0.15) is 50.4 Å². The van der Waals surface area contributed by atoms with Gasteiger partial charge in [-0.25, -0.2) is 4.68 Å². The summed E-state index contributed by atoms with van der Waals surface area (Å²) in [4.78, 5) is 14.1. The van der Waals surface area contributed by atoms with Gasteiger partial charge in [0.1, 0.15) is 0 Å². The molecule has 0 radical (unpaired) electrons. The van der Waals surface area contributed by atoms with Crippen LogP contribution in [-0.2, 0) is 11.3 Å². The average molecular weight is 326 g/mol. The number of nitrogens with one attached hydrogen (secondary N) is 1. The molecule has 1 aliphatic heterocycles. The third-order valence-corrected chi connectivity index (χ3v) is 4.94. The van der Waals surface area contributed by atoms with E-state index in [1.807, 2.05) is 28.9 Å². The van der Waals surface area contributed by atoms with Gasteiger partial charge in [-0.1, -0.05) is 31.4 Å². The van der Waals surface area contributed by atoms with Crippen molar-refractivity contribution in [2.75, 3.05) is 16.8 Å². The third kappa shape index (κ3) is 2.98. The average Bonchev–Trinajstić information content (AvgIpc) is 3.01. The van der Waals surface area contributed by atoms with Crippen LogP contribution in [0.2, 0.25) is 0 Å². The summed E-state index contributed by atoms with van der Waals surface area (Å²) in [5.74, 6) is 0.933. The summed E-state index contributed by atoms with van der Waals surface area (Å²) in [6.45, 7) is 1.29. The number of fused-ring (bicyclic) bond motifs is 1. The zero-order chi connectivity index (χ0) is 16.4. The van der Waals surface area contributed by atoms with Crippen LogP contribution in [0, 0.1) is 0 Å².